The second kappa shape index (κ2) is 11.9. The van der Waals surface area contributed by atoms with Crippen LogP contribution in [-0.2, 0) is 22.6 Å². The number of benzene rings is 2. The third kappa shape index (κ3) is 7.13. The molecule has 178 valence electrons. The highest BCUT2D eigenvalue weighted by Gasteiger charge is 2.28. The molecule has 1 heterocycles. The largest absolute Gasteiger partial charge is 0.486 e. The highest BCUT2D eigenvalue weighted by Crippen LogP contribution is 2.31. The molecular weight excluding hydrogens is 440 g/mol. The van der Waals surface area contributed by atoms with Crippen LogP contribution in [0.4, 0.5) is 0 Å². The smallest absolute Gasteiger partial charge is 0.242 e. The first-order valence-corrected chi connectivity index (χ1v) is 11.9. The topological polar surface area (TPSA) is 67.9 Å². The lowest BCUT2D eigenvalue weighted by Gasteiger charge is -2.31. The van der Waals surface area contributed by atoms with Gasteiger partial charge in [0.25, 0.3) is 0 Å². The first-order valence-electron chi connectivity index (χ1n) is 11.6. The van der Waals surface area contributed by atoms with Gasteiger partial charge >= 0.3 is 0 Å². The molecule has 1 aliphatic heterocycles. The van der Waals surface area contributed by atoms with E-state index in [4.69, 9.17) is 21.1 Å². The number of ether oxygens (including phenoxy) is 2. The molecule has 6 nitrogen and oxygen atoms in total. The zero-order chi connectivity index (χ0) is 23.8. The Balaban J connectivity index is 1.74. The van der Waals surface area contributed by atoms with Crippen molar-refractivity contribution in [3.63, 3.8) is 0 Å². The van der Waals surface area contributed by atoms with Crippen molar-refractivity contribution in [3.8, 4) is 11.5 Å². The van der Waals surface area contributed by atoms with Gasteiger partial charge in [-0.3, -0.25) is 9.59 Å². The summed E-state index contributed by atoms with van der Waals surface area (Å²) in [7, 11) is 0. The highest BCUT2D eigenvalue weighted by atomic mass is 35.5. The van der Waals surface area contributed by atoms with E-state index in [9.17, 15) is 9.59 Å². The van der Waals surface area contributed by atoms with E-state index in [0.29, 0.717) is 62.3 Å². The van der Waals surface area contributed by atoms with Crippen molar-refractivity contribution in [2.75, 3.05) is 19.8 Å². The zero-order valence-electron chi connectivity index (χ0n) is 19.6. The van der Waals surface area contributed by atoms with Gasteiger partial charge in [-0.15, -0.1) is 0 Å². The Morgan fingerprint density at radius 1 is 1.03 bits per heavy atom. The van der Waals surface area contributed by atoms with E-state index in [1.54, 1.807) is 17.0 Å². The molecule has 2 aromatic carbocycles. The van der Waals surface area contributed by atoms with Crippen molar-refractivity contribution in [1.29, 1.82) is 0 Å². The molecule has 0 saturated heterocycles. The summed E-state index contributed by atoms with van der Waals surface area (Å²) < 4.78 is 11.2. The molecule has 1 atom stereocenters. The molecule has 1 aliphatic rings. The monoisotopic (exact) mass is 472 g/mol. The summed E-state index contributed by atoms with van der Waals surface area (Å²) in [5.41, 5.74) is 1.93. The van der Waals surface area contributed by atoms with Crippen molar-refractivity contribution in [2.45, 2.75) is 52.6 Å². The van der Waals surface area contributed by atoms with E-state index in [1.807, 2.05) is 51.1 Å². The Hall–Kier alpha value is -2.73. The van der Waals surface area contributed by atoms with Crippen LogP contribution in [-0.4, -0.2) is 42.5 Å². The van der Waals surface area contributed by atoms with Gasteiger partial charge in [-0.25, -0.2) is 0 Å². The molecular formula is C26H33ClN2O4. The number of rotatable bonds is 10. The minimum absolute atomic E-state index is 0.0635. The van der Waals surface area contributed by atoms with Crippen LogP contribution in [0.25, 0.3) is 0 Å². The molecule has 7 heteroatoms. The quantitative estimate of drug-likeness (QED) is 0.547. The highest BCUT2D eigenvalue weighted by molar-refractivity contribution is 6.30. The fourth-order valence-electron chi connectivity index (χ4n) is 3.77. The minimum Gasteiger partial charge on any atom is -0.486 e. The molecule has 2 amide bonds. The first kappa shape index (κ1) is 24.9. The Morgan fingerprint density at radius 3 is 2.36 bits per heavy atom. The van der Waals surface area contributed by atoms with Crippen LogP contribution in [0.5, 0.6) is 11.5 Å². The Kier molecular flexibility index (Phi) is 9.01. The second-order valence-electron chi connectivity index (χ2n) is 8.69. The molecule has 1 N–H and O–H groups in total. The number of aryl methyl sites for hydroxylation is 1. The van der Waals surface area contributed by atoms with Gasteiger partial charge in [0.15, 0.2) is 11.5 Å². The zero-order valence-corrected chi connectivity index (χ0v) is 20.4. The summed E-state index contributed by atoms with van der Waals surface area (Å²) in [4.78, 5) is 28.0. The summed E-state index contributed by atoms with van der Waals surface area (Å²) in [6, 6.07) is 12.6. The van der Waals surface area contributed by atoms with E-state index in [0.717, 1.165) is 16.9 Å². The van der Waals surface area contributed by atoms with Crippen LogP contribution in [0.15, 0.2) is 42.5 Å². The van der Waals surface area contributed by atoms with Gasteiger partial charge in [-0.05, 0) is 54.2 Å². The molecule has 2 aromatic rings. The number of amides is 2. The van der Waals surface area contributed by atoms with Gasteiger partial charge in [-0.1, -0.05) is 50.6 Å². The SMILES string of the molecule is CC[C@@H](C(=O)NCC(C)C)N(Cc1ccc(Cl)cc1)C(=O)CCc1ccc2c(c1)OCCO2. The molecule has 3 rings (SSSR count). The summed E-state index contributed by atoms with van der Waals surface area (Å²) in [5, 5.41) is 3.62. The molecule has 33 heavy (non-hydrogen) atoms. The van der Waals surface area contributed by atoms with Crippen LogP contribution >= 0.6 is 11.6 Å². The van der Waals surface area contributed by atoms with Gasteiger partial charge in [0.2, 0.25) is 11.8 Å². The molecule has 0 unspecified atom stereocenters. The van der Waals surface area contributed by atoms with E-state index in [1.165, 1.54) is 0 Å². The fourth-order valence-corrected chi connectivity index (χ4v) is 3.89. The predicted molar refractivity (Wildman–Crippen MR) is 130 cm³/mol. The lowest BCUT2D eigenvalue weighted by atomic mass is 10.1. The number of fused-ring (bicyclic) bond motifs is 1. The Morgan fingerprint density at radius 2 is 1.70 bits per heavy atom. The van der Waals surface area contributed by atoms with Gasteiger partial charge in [-0.2, -0.15) is 0 Å². The molecule has 0 radical (unpaired) electrons. The number of carbonyl (C=O) groups excluding carboxylic acids is 2. The van der Waals surface area contributed by atoms with Crippen molar-refractivity contribution in [1.82, 2.24) is 10.2 Å². The standard InChI is InChI=1S/C26H33ClN2O4/c1-4-22(26(31)28-16-18(2)3)29(17-20-5-9-21(27)10-6-20)25(30)12-8-19-7-11-23-24(15-19)33-14-13-32-23/h5-7,9-11,15,18,22H,4,8,12-14,16-17H2,1-3H3,(H,28,31)/t22-/m0/s1. The average Bonchev–Trinajstić information content (AvgIpc) is 2.82. The maximum Gasteiger partial charge on any atom is 0.242 e. The van der Waals surface area contributed by atoms with Gasteiger partial charge < -0.3 is 19.7 Å². The van der Waals surface area contributed by atoms with Crippen LogP contribution in [0.3, 0.4) is 0 Å². The van der Waals surface area contributed by atoms with Crippen LogP contribution in [0, 0.1) is 5.92 Å². The van der Waals surface area contributed by atoms with E-state index in [-0.39, 0.29) is 11.8 Å². The van der Waals surface area contributed by atoms with Crippen LogP contribution < -0.4 is 14.8 Å². The van der Waals surface area contributed by atoms with Crippen molar-refractivity contribution in [3.05, 3.63) is 58.6 Å². The maximum absolute atomic E-state index is 13.4. The molecule has 0 bridgehead atoms. The van der Waals surface area contributed by atoms with Crippen molar-refractivity contribution < 1.29 is 19.1 Å². The number of halogens is 1. The number of nitrogens with one attached hydrogen (secondary N) is 1. The third-order valence-electron chi connectivity index (χ3n) is 5.57. The van der Waals surface area contributed by atoms with Crippen LogP contribution in [0.2, 0.25) is 5.02 Å². The second-order valence-corrected chi connectivity index (χ2v) is 9.13. The Labute approximate surface area is 201 Å². The first-order chi connectivity index (χ1) is 15.9. The molecule has 0 spiro atoms. The Bertz CT molecular complexity index is 946. The normalized spacial score (nSPS) is 13.5. The fraction of sp³-hybridized carbons (Fsp3) is 0.462. The van der Waals surface area contributed by atoms with Crippen molar-refractivity contribution in [2.24, 2.45) is 5.92 Å². The lowest BCUT2D eigenvalue weighted by molar-refractivity contribution is -0.141. The summed E-state index contributed by atoms with van der Waals surface area (Å²) in [6.07, 6.45) is 1.38. The summed E-state index contributed by atoms with van der Waals surface area (Å²) in [6.45, 7) is 8.02. The van der Waals surface area contributed by atoms with Crippen molar-refractivity contribution >= 4 is 23.4 Å². The summed E-state index contributed by atoms with van der Waals surface area (Å²) in [5.74, 6) is 1.60. The van der Waals surface area contributed by atoms with Gasteiger partial charge in [0.1, 0.15) is 19.3 Å². The molecule has 0 aromatic heterocycles. The summed E-state index contributed by atoms with van der Waals surface area (Å²) >= 11 is 6.03. The molecule has 0 aliphatic carbocycles. The average molecular weight is 473 g/mol. The maximum atomic E-state index is 13.4. The van der Waals surface area contributed by atoms with Gasteiger partial charge in [0.05, 0.1) is 0 Å². The van der Waals surface area contributed by atoms with E-state index >= 15 is 0 Å². The minimum atomic E-state index is -0.535. The van der Waals surface area contributed by atoms with E-state index in [2.05, 4.69) is 5.32 Å². The molecule has 0 saturated carbocycles. The third-order valence-corrected chi connectivity index (χ3v) is 5.82. The number of hydrogen-bond donors (Lipinski definition) is 1. The molecule has 0 fully saturated rings. The van der Waals surface area contributed by atoms with E-state index < -0.39 is 6.04 Å². The van der Waals surface area contributed by atoms with Gasteiger partial charge in [0, 0.05) is 24.5 Å². The lowest BCUT2D eigenvalue weighted by Crippen LogP contribution is -2.49. The predicted octanol–water partition coefficient (Wildman–Crippen LogP) is 4.62. The van der Waals surface area contributed by atoms with Crippen LogP contribution in [0.1, 0.15) is 44.7 Å². The number of hydrogen-bond acceptors (Lipinski definition) is 4. The number of nitrogens with zero attached hydrogens (tertiary/aromatic N) is 1. The number of carbonyl (C=O) groups is 2.